The molecule has 0 aliphatic heterocycles. The quantitative estimate of drug-likeness (QED) is 0.617. The lowest BCUT2D eigenvalue weighted by Crippen LogP contribution is -2.25. The summed E-state index contributed by atoms with van der Waals surface area (Å²) in [5.41, 5.74) is 0.413. The van der Waals surface area contributed by atoms with Crippen LogP contribution in [0.1, 0.15) is 31.2 Å². The van der Waals surface area contributed by atoms with E-state index in [4.69, 9.17) is 5.11 Å². The molecular formula is C15H19NO3S. The molecule has 1 aromatic carbocycles. The third-order valence-corrected chi connectivity index (χ3v) is 4.78. The van der Waals surface area contributed by atoms with E-state index < -0.39 is 10.0 Å². The molecule has 0 radical (unpaired) electrons. The molecule has 5 heteroatoms. The van der Waals surface area contributed by atoms with Crippen LogP contribution in [-0.4, -0.2) is 26.7 Å². The summed E-state index contributed by atoms with van der Waals surface area (Å²) < 4.78 is 27.1. The second-order valence-corrected chi connectivity index (χ2v) is 6.67. The van der Waals surface area contributed by atoms with Gasteiger partial charge in [0.2, 0.25) is 10.0 Å². The smallest absolute Gasteiger partial charge is 0.241 e. The van der Waals surface area contributed by atoms with E-state index in [0.717, 1.165) is 18.8 Å². The predicted molar refractivity (Wildman–Crippen MR) is 77.6 cm³/mol. The van der Waals surface area contributed by atoms with E-state index in [1.165, 1.54) is 18.9 Å². The fourth-order valence-corrected chi connectivity index (χ4v) is 3.26. The average molecular weight is 293 g/mol. The molecule has 1 aliphatic carbocycles. The summed E-state index contributed by atoms with van der Waals surface area (Å²) in [6.45, 7) is 0.170. The Bertz CT molecular complexity index is 609. The van der Waals surface area contributed by atoms with E-state index in [9.17, 15) is 8.42 Å². The Balaban J connectivity index is 2.03. The van der Waals surface area contributed by atoms with E-state index in [0.29, 0.717) is 12.1 Å². The number of benzene rings is 1. The van der Waals surface area contributed by atoms with Gasteiger partial charge in [-0.3, -0.25) is 0 Å². The van der Waals surface area contributed by atoms with E-state index in [1.807, 2.05) is 0 Å². The van der Waals surface area contributed by atoms with Gasteiger partial charge in [-0.2, -0.15) is 0 Å². The first-order valence-corrected chi connectivity index (χ1v) is 8.30. The molecule has 0 aromatic heterocycles. The summed E-state index contributed by atoms with van der Waals surface area (Å²) in [5, 5.41) is 8.71. The summed E-state index contributed by atoms with van der Waals surface area (Å²) in [4.78, 5) is 0.173. The van der Waals surface area contributed by atoms with Crippen LogP contribution in [-0.2, 0) is 10.0 Å². The van der Waals surface area contributed by atoms with Crippen molar-refractivity contribution in [3.8, 4) is 11.8 Å². The first kappa shape index (κ1) is 15.0. The van der Waals surface area contributed by atoms with Crippen molar-refractivity contribution in [1.82, 2.24) is 4.72 Å². The summed E-state index contributed by atoms with van der Waals surface area (Å²) in [5.74, 6) is 5.96. The van der Waals surface area contributed by atoms with Crippen molar-refractivity contribution in [2.45, 2.75) is 30.6 Å². The Morgan fingerprint density at radius 2 is 2.05 bits per heavy atom. The number of aliphatic hydroxyl groups is 1. The van der Waals surface area contributed by atoms with Crippen molar-refractivity contribution >= 4 is 10.0 Å². The van der Waals surface area contributed by atoms with Gasteiger partial charge in [-0.1, -0.05) is 36.8 Å². The molecule has 2 rings (SSSR count). The lowest BCUT2D eigenvalue weighted by molar-refractivity contribution is 0.350. The Hall–Kier alpha value is -1.35. The monoisotopic (exact) mass is 293 g/mol. The van der Waals surface area contributed by atoms with E-state index in [1.54, 1.807) is 18.2 Å². The number of hydrogen-bond acceptors (Lipinski definition) is 3. The molecule has 2 N–H and O–H groups in total. The fourth-order valence-electron chi connectivity index (χ4n) is 2.02. The van der Waals surface area contributed by atoms with Crippen LogP contribution in [0.25, 0.3) is 0 Å². The molecule has 0 bridgehead atoms. The highest BCUT2D eigenvalue weighted by atomic mass is 32.2. The van der Waals surface area contributed by atoms with E-state index >= 15 is 0 Å². The molecule has 0 atom stereocenters. The highest BCUT2D eigenvalue weighted by Crippen LogP contribution is 2.33. The third kappa shape index (κ3) is 4.34. The minimum atomic E-state index is -3.53. The van der Waals surface area contributed by atoms with Crippen LogP contribution in [0.2, 0.25) is 0 Å². The van der Waals surface area contributed by atoms with Crippen molar-refractivity contribution in [2.75, 3.05) is 13.2 Å². The highest BCUT2D eigenvalue weighted by Gasteiger charge is 2.21. The summed E-state index contributed by atoms with van der Waals surface area (Å²) in [7, 11) is -3.53. The average Bonchev–Trinajstić information content (AvgIpc) is 3.26. The molecular weight excluding hydrogens is 274 g/mol. The zero-order chi connectivity index (χ0) is 14.4. The van der Waals surface area contributed by atoms with Crippen molar-refractivity contribution in [1.29, 1.82) is 0 Å². The van der Waals surface area contributed by atoms with Gasteiger partial charge in [0.25, 0.3) is 0 Å². The molecule has 1 fully saturated rings. The Kier molecular flexibility index (Phi) is 5.18. The zero-order valence-corrected chi connectivity index (χ0v) is 12.1. The molecule has 20 heavy (non-hydrogen) atoms. The second kappa shape index (κ2) is 6.89. The van der Waals surface area contributed by atoms with Crippen LogP contribution in [0, 0.1) is 17.8 Å². The van der Waals surface area contributed by atoms with Crippen LogP contribution in [0.5, 0.6) is 0 Å². The lowest BCUT2D eigenvalue weighted by atomic mass is 10.2. The van der Waals surface area contributed by atoms with Gasteiger partial charge in [0.05, 0.1) is 4.90 Å². The summed E-state index contributed by atoms with van der Waals surface area (Å²) >= 11 is 0. The number of hydrogen-bond donors (Lipinski definition) is 2. The van der Waals surface area contributed by atoms with Gasteiger partial charge in [-0.05, 0) is 30.9 Å². The Labute approximate surface area is 120 Å². The van der Waals surface area contributed by atoms with Gasteiger partial charge in [-0.15, -0.1) is 0 Å². The Morgan fingerprint density at radius 3 is 2.75 bits per heavy atom. The van der Waals surface area contributed by atoms with Gasteiger partial charge in [0, 0.05) is 12.1 Å². The number of sulfonamides is 1. The normalized spacial score (nSPS) is 14.7. The number of aliphatic hydroxyl groups excluding tert-OH is 1. The van der Waals surface area contributed by atoms with Crippen LogP contribution < -0.4 is 4.72 Å². The lowest BCUT2D eigenvalue weighted by Gasteiger charge is -2.08. The molecule has 1 aromatic rings. The van der Waals surface area contributed by atoms with Crippen molar-refractivity contribution in [3.63, 3.8) is 0 Å². The molecule has 0 heterocycles. The molecule has 0 unspecified atom stereocenters. The number of rotatable bonds is 6. The highest BCUT2D eigenvalue weighted by molar-refractivity contribution is 7.89. The minimum Gasteiger partial charge on any atom is -0.384 e. The van der Waals surface area contributed by atoms with Gasteiger partial charge in [-0.25, -0.2) is 13.1 Å². The largest absolute Gasteiger partial charge is 0.384 e. The van der Waals surface area contributed by atoms with Crippen LogP contribution in [0.3, 0.4) is 0 Å². The van der Waals surface area contributed by atoms with Gasteiger partial charge < -0.3 is 5.11 Å². The molecule has 1 saturated carbocycles. The van der Waals surface area contributed by atoms with Crippen LogP contribution in [0.4, 0.5) is 0 Å². The minimum absolute atomic E-state index is 0.173. The maximum absolute atomic E-state index is 12.2. The molecule has 0 saturated heterocycles. The third-order valence-electron chi connectivity index (χ3n) is 3.26. The standard InChI is InChI=1S/C15H19NO3S/c17-12-4-7-14-6-1-2-8-15(14)20(18,19)16-11-3-5-13-9-10-13/h1-2,6,8,13,16-17H,3,5,9-12H2. The maximum Gasteiger partial charge on any atom is 0.241 e. The second-order valence-electron chi connectivity index (χ2n) is 4.94. The van der Waals surface area contributed by atoms with Gasteiger partial charge in [0.15, 0.2) is 0 Å². The van der Waals surface area contributed by atoms with Crippen molar-refractivity contribution in [2.24, 2.45) is 5.92 Å². The number of nitrogens with one attached hydrogen (secondary N) is 1. The first-order chi connectivity index (χ1) is 9.63. The Morgan fingerprint density at radius 1 is 1.30 bits per heavy atom. The first-order valence-electron chi connectivity index (χ1n) is 6.82. The van der Waals surface area contributed by atoms with E-state index in [2.05, 4.69) is 16.6 Å². The predicted octanol–water partition coefficient (Wildman–Crippen LogP) is 1.50. The van der Waals surface area contributed by atoms with Crippen LogP contribution >= 0.6 is 0 Å². The maximum atomic E-state index is 12.2. The van der Waals surface area contributed by atoms with Gasteiger partial charge >= 0.3 is 0 Å². The SMILES string of the molecule is O=S(=O)(NCCCC1CC1)c1ccccc1C#CCO. The van der Waals surface area contributed by atoms with Crippen molar-refractivity contribution < 1.29 is 13.5 Å². The molecule has 0 amide bonds. The summed E-state index contributed by atoms with van der Waals surface area (Å²) in [6.07, 6.45) is 4.53. The van der Waals surface area contributed by atoms with Crippen molar-refractivity contribution in [3.05, 3.63) is 29.8 Å². The van der Waals surface area contributed by atoms with Gasteiger partial charge in [0.1, 0.15) is 6.61 Å². The topological polar surface area (TPSA) is 66.4 Å². The molecule has 108 valence electrons. The molecule has 1 aliphatic rings. The fraction of sp³-hybridized carbons (Fsp3) is 0.467. The zero-order valence-electron chi connectivity index (χ0n) is 11.3. The van der Waals surface area contributed by atoms with E-state index in [-0.39, 0.29) is 11.5 Å². The molecule has 0 spiro atoms. The van der Waals surface area contributed by atoms with Crippen LogP contribution in [0.15, 0.2) is 29.2 Å². The summed E-state index contributed by atoms with van der Waals surface area (Å²) in [6, 6.07) is 6.57. The molecule has 4 nitrogen and oxygen atoms in total.